The van der Waals surface area contributed by atoms with Crippen LogP contribution in [0.2, 0.25) is 5.02 Å². The Labute approximate surface area is 139 Å². The molecule has 2 aromatic rings. The van der Waals surface area contributed by atoms with Crippen molar-refractivity contribution in [1.29, 1.82) is 0 Å². The second-order valence-electron chi connectivity index (χ2n) is 4.90. The Bertz CT molecular complexity index is 719. The van der Waals surface area contributed by atoms with Gasteiger partial charge in [-0.25, -0.2) is 0 Å². The molecule has 0 saturated carbocycles. The molecule has 7 heteroatoms. The minimum atomic E-state index is -1.13. The van der Waals surface area contributed by atoms with Gasteiger partial charge in [0.1, 0.15) is 0 Å². The summed E-state index contributed by atoms with van der Waals surface area (Å²) in [4.78, 5) is 13.5. The number of hydrogen-bond acceptors (Lipinski definition) is 4. The predicted octanol–water partition coefficient (Wildman–Crippen LogP) is 3.79. The number of thiophene rings is 1. The lowest BCUT2D eigenvalue weighted by molar-refractivity contribution is -0.123. The molecule has 1 unspecified atom stereocenters. The zero-order valence-electron chi connectivity index (χ0n) is 11.1. The second kappa shape index (κ2) is 5.61. The highest BCUT2D eigenvalue weighted by molar-refractivity contribution is 9.11. The van der Waals surface area contributed by atoms with Crippen molar-refractivity contribution in [3.05, 3.63) is 43.5 Å². The number of nitrogens with zero attached hydrogens (tertiary/aromatic N) is 1. The molecule has 2 N–H and O–H groups in total. The molecule has 21 heavy (non-hydrogen) atoms. The molecule has 1 aromatic heterocycles. The molecule has 0 fully saturated rings. The predicted molar refractivity (Wildman–Crippen MR) is 89.2 cm³/mol. The molecule has 0 aliphatic carbocycles. The molecule has 3 rings (SSSR count). The average Bonchev–Trinajstić information content (AvgIpc) is 2.95. The Kier molecular flexibility index (Phi) is 3.96. The van der Waals surface area contributed by atoms with Crippen LogP contribution in [0.25, 0.3) is 0 Å². The van der Waals surface area contributed by atoms with Crippen molar-refractivity contribution in [3.8, 4) is 0 Å². The first kappa shape index (κ1) is 14.8. The fourth-order valence-corrected chi connectivity index (χ4v) is 3.85. The van der Waals surface area contributed by atoms with Gasteiger partial charge in [-0.1, -0.05) is 11.6 Å². The van der Waals surface area contributed by atoms with Crippen molar-refractivity contribution < 1.29 is 9.90 Å². The van der Waals surface area contributed by atoms with Crippen LogP contribution in [0.1, 0.15) is 17.2 Å². The summed E-state index contributed by atoms with van der Waals surface area (Å²) in [5.74, 6) is -0.414. The summed E-state index contributed by atoms with van der Waals surface area (Å²) in [5, 5.41) is 15.0. The highest BCUT2D eigenvalue weighted by atomic mass is 79.9. The Balaban J connectivity index is 1.89. The number of nitrogens with one attached hydrogen (secondary N) is 1. The Morgan fingerprint density at radius 2 is 2.24 bits per heavy atom. The van der Waals surface area contributed by atoms with Gasteiger partial charge < -0.3 is 15.3 Å². The highest BCUT2D eigenvalue weighted by Gasteiger charge is 2.30. The van der Waals surface area contributed by atoms with Gasteiger partial charge in [0.25, 0.3) is 5.91 Å². The number of halogens is 2. The molecule has 0 radical (unpaired) electrons. The van der Waals surface area contributed by atoms with E-state index in [1.165, 1.54) is 5.56 Å². The number of benzene rings is 1. The van der Waals surface area contributed by atoms with E-state index >= 15 is 0 Å². The van der Waals surface area contributed by atoms with E-state index in [0.29, 0.717) is 22.8 Å². The van der Waals surface area contributed by atoms with Crippen LogP contribution in [0.5, 0.6) is 0 Å². The van der Waals surface area contributed by atoms with Crippen LogP contribution < -0.4 is 10.2 Å². The van der Waals surface area contributed by atoms with Gasteiger partial charge in [0, 0.05) is 24.8 Å². The molecule has 110 valence electrons. The number of amides is 1. The summed E-state index contributed by atoms with van der Waals surface area (Å²) in [6, 6.07) is 5.51. The normalized spacial score (nSPS) is 16.8. The molecule has 1 amide bonds. The number of anilines is 2. The van der Waals surface area contributed by atoms with Crippen LogP contribution in [0.3, 0.4) is 0 Å². The first-order chi connectivity index (χ1) is 9.95. The topological polar surface area (TPSA) is 52.6 Å². The lowest BCUT2D eigenvalue weighted by atomic mass is 10.1. The standard InChI is InChI=1S/C14H12BrClN2O2S/c1-18(5-7-2-12(15)21-6-7)11-4-10-8(3-9(11)16)13(19)14(20)17-10/h2-4,6,13,19H,5H2,1H3,(H,17,20). The van der Waals surface area contributed by atoms with E-state index in [0.717, 1.165) is 9.47 Å². The number of hydrogen-bond donors (Lipinski definition) is 2. The number of fused-ring (bicyclic) bond motifs is 1. The maximum absolute atomic E-state index is 11.5. The Morgan fingerprint density at radius 1 is 1.48 bits per heavy atom. The zero-order chi connectivity index (χ0) is 15.1. The van der Waals surface area contributed by atoms with E-state index in [2.05, 4.69) is 32.7 Å². The second-order valence-corrected chi connectivity index (χ2v) is 7.60. The molecule has 2 heterocycles. The Hall–Kier alpha value is -1.08. The van der Waals surface area contributed by atoms with E-state index in [9.17, 15) is 9.90 Å². The maximum atomic E-state index is 11.5. The van der Waals surface area contributed by atoms with Gasteiger partial charge in [-0.3, -0.25) is 4.79 Å². The molecule has 1 aromatic carbocycles. The summed E-state index contributed by atoms with van der Waals surface area (Å²) in [6.45, 7) is 0.705. The molecule has 0 saturated heterocycles. The minimum Gasteiger partial charge on any atom is -0.378 e. The summed E-state index contributed by atoms with van der Waals surface area (Å²) < 4.78 is 1.08. The van der Waals surface area contributed by atoms with E-state index < -0.39 is 12.0 Å². The first-order valence-corrected chi connectivity index (χ1v) is 8.27. The molecular formula is C14H12BrClN2O2S. The molecule has 0 bridgehead atoms. The fourth-order valence-electron chi connectivity index (χ4n) is 2.33. The smallest absolute Gasteiger partial charge is 0.257 e. The number of rotatable bonds is 3. The van der Waals surface area contributed by atoms with Gasteiger partial charge in [0.2, 0.25) is 0 Å². The number of carbonyl (C=O) groups is 1. The molecular weight excluding hydrogens is 376 g/mol. The summed E-state index contributed by atoms with van der Waals surface area (Å²) in [5.41, 5.74) is 3.13. The van der Waals surface area contributed by atoms with Crippen LogP contribution >= 0.6 is 38.9 Å². The lowest BCUT2D eigenvalue weighted by Crippen LogP contribution is -2.16. The third kappa shape index (κ3) is 2.81. The van der Waals surface area contributed by atoms with Gasteiger partial charge in [0.15, 0.2) is 6.10 Å². The third-order valence-corrected chi connectivity index (χ3v) is 5.23. The number of aliphatic hydroxyl groups excluding tert-OH is 1. The Morgan fingerprint density at radius 3 is 2.90 bits per heavy atom. The van der Waals surface area contributed by atoms with Gasteiger partial charge in [-0.05, 0) is 45.1 Å². The van der Waals surface area contributed by atoms with Crippen molar-refractivity contribution in [1.82, 2.24) is 0 Å². The van der Waals surface area contributed by atoms with Crippen molar-refractivity contribution >= 4 is 56.1 Å². The maximum Gasteiger partial charge on any atom is 0.257 e. The number of carbonyl (C=O) groups excluding carboxylic acids is 1. The molecule has 1 aliphatic heterocycles. The highest BCUT2D eigenvalue weighted by Crippen LogP contribution is 2.39. The van der Waals surface area contributed by atoms with Crippen LogP contribution in [0.4, 0.5) is 11.4 Å². The van der Waals surface area contributed by atoms with Crippen LogP contribution in [-0.4, -0.2) is 18.1 Å². The summed E-state index contributed by atoms with van der Waals surface area (Å²) >= 11 is 11.4. The van der Waals surface area contributed by atoms with E-state index in [1.807, 2.05) is 11.9 Å². The lowest BCUT2D eigenvalue weighted by Gasteiger charge is -2.21. The van der Waals surface area contributed by atoms with Gasteiger partial charge in [0.05, 0.1) is 14.5 Å². The fraction of sp³-hybridized carbons (Fsp3) is 0.214. The van der Waals surface area contributed by atoms with Crippen molar-refractivity contribution in [3.63, 3.8) is 0 Å². The monoisotopic (exact) mass is 386 g/mol. The van der Waals surface area contributed by atoms with E-state index in [1.54, 1.807) is 23.5 Å². The van der Waals surface area contributed by atoms with Crippen molar-refractivity contribution in [2.45, 2.75) is 12.6 Å². The van der Waals surface area contributed by atoms with Crippen LogP contribution in [0, 0.1) is 0 Å². The SMILES string of the molecule is CN(Cc1csc(Br)c1)c1cc2c(cc1Cl)C(O)C(=O)N2. The zero-order valence-corrected chi connectivity index (χ0v) is 14.2. The molecule has 1 atom stereocenters. The van der Waals surface area contributed by atoms with Gasteiger partial charge in [-0.2, -0.15) is 0 Å². The van der Waals surface area contributed by atoms with E-state index in [-0.39, 0.29) is 0 Å². The van der Waals surface area contributed by atoms with Crippen LogP contribution in [-0.2, 0) is 11.3 Å². The van der Waals surface area contributed by atoms with Crippen LogP contribution in [0.15, 0.2) is 27.4 Å². The molecule has 4 nitrogen and oxygen atoms in total. The largest absolute Gasteiger partial charge is 0.378 e. The summed E-state index contributed by atoms with van der Waals surface area (Å²) in [6.07, 6.45) is -1.13. The van der Waals surface area contributed by atoms with Gasteiger partial charge in [-0.15, -0.1) is 11.3 Å². The quantitative estimate of drug-likeness (QED) is 0.842. The molecule has 1 aliphatic rings. The van der Waals surface area contributed by atoms with Crippen molar-refractivity contribution in [2.75, 3.05) is 17.3 Å². The first-order valence-electron chi connectivity index (χ1n) is 6.22. The number of aliphatic hydroxyl groups is 1. The summed E-state index contributed by atoms with van der Waals surface area (Å²) in [7, 11) is 1.94. The average molecular weight is 388 g/mol. The van der Waals surface area contributed by atoms with Crippen molar-refractivity contribution in [2.24, 2.45) is 0 Å². The minimum absolute atomic E-state index is 0.414. The van der Waals surface area contributed by atoms with Gasteiger partial charge >= 0.3 is 0 Å². The third-order valence-electron chi connectivity index (χ3n) is 3.37. The molecule has 0 spiro atoms. The van der Waals surface area contributed by atoms with E-state index in [4.69, 9.17) is 11.6 Å².